The summed E-state index contributed by atoms with van der Waals surface area (Å²) in [6, 6.07) is 6.88. The number of imidazole rings is 1. The van der Waals surface area contributed by atoms with Crippen LogP contribution in [0.25, 0.3) is 11.0 Å². The van der Waals surface area contributed by atoms with Crippen LogP contribution in [0.4, 0.5) is 0 Å². The third-order valence-electron chi connectivity index (χ3n) is 3.50. The first-order valence-electron chi connectivity index (χ1n) is 6.16. The van der Waals surface area contributed by atoms with Gasteiger partial charge in [0.15, 0.2) is 4.77 Å². The van der Waals surface area contributed by atoms with Crippen LogP contribution in [0, 0.1) is 8.34 Å². The fourth-order valence-corrected chi connectivity index (χ4v) is 3.52. The van der Waals surface area contributed by atoms with Crippen molar-refractivity contribution in [3.63, 3.8) is 0 Å². The summed E-state index contributed by atoms with van der Waals surface area (Å²) in [4.78, 5) is 3.31. The second kappa shape index (κ2) is 4.94. The van der Waals surface area contributed by atoms with Gasteiger partial charge >= 0.3 is 0 Å². The molecule has 1 aromatic carbocycles. The maximum Gasteiger partial charge on any atom is 0.178 e. The van der Waals surface area contributed by atoms with Crippen molar-refractivity contribution < 1.29 is 4.74 Å². The summed E-state index contributed by atoms with van der Waals surface area (Å²) in [5, 5.41) is 0. The quantitative estimate of drug-likeness (QED) is 0.603. The van der Waals surface area contributed by atoms with Crippen molar-refractivity contribution >= 4 is 45.8 Å². The molecule has 1 saturated heterocycles. The van der Waals surface area contributed by atoms with Crippen LogP contribution in [0.5, 0.6) is 0 Å². The molecule has 2 aromatic rings. The summed E-state index contributed by atoms with van der Waals surface area (Å²) >= 11 is 7.80. The number of nitrogens with zero attached hydrogens (tertiary/aromatic N) is 1. The molecule has 2 unspecified atom stereocenters. The predicted molar refractivity (Wildman–Crippen MR) is 83.5 cm³/mol. The van der Waals surface area contributed by atoms with E-state index in [9.17, 15) is 0 Å². The Kier molecular flexibility index (Phi) is 3.46. The highest BCUT2D eigenvalue weighted by Gasteiger charge is 2.22. The number of hydrogen-bond acceptors (Lipinski definition) is 2. The lowest BCUT2D eigenvalue weighted by Gasteiger charge is -2.28. The van der Waals surface area contributed by atoms with Gasteiger partial charge in [-0.1, -0.05) is 0 Å². The van der Waals surface area contributed by atoms with E-state index in [0.717, 1.165) is 29.7 Å². The number of halogens is 1. The number of H-pyrrole nitrogens is 1. The monoisotopic (exact) mass is 374 g/mol. The maximum atomic E-state index is 5.62. The Balaban J connectivity index is 2.10. The smallest absolute Gasteiger partial charge is 0.178 e. The molecule has 3 rings (SSSR count). The summed E-state index contributed by atoms with van der Waals surface area (Å²) in [7, 11) is 0. The van der Waals surface area contributed by atoms with Crippen LogP contribution < -0.4 is 0 Å². The number of benzene rings is 1. The van der Waals surface area contributed by atoms with E-state index in [0.29, 0.717) is 12.1 Å². The molecule has 0 bridgehead atoms. The zero-order chi connectivity index (χ0) is 12.7. The van der Waals surface area contributed by atoms with E-state index in [1.54, 1.807) is 0 Å². The molecular weight excluding hydrogens is 359 g/mol. The van der Waals surface area contributed by atoms with E-state index in [2.05, 4.69) is 57.3 Å². The fourth-order valence-electron chi connectivity index (χ4n) is 2.67. The van der Waals surface area contributed by atoms with Crippen LogP contribution in [-0.4, -0.2) is 22.3 Å². The Bertz CT molecular complexity index is 633. The van der Waals surface area contributed by atoms with E-state index in [1.165, 1.54) is 9.09 Å². The molecular formula is C13H15IN2OS. The van der Waals surface area contributed by atoms with Crippen molar-refractivity contribution in [1.82, 2.24) is 9.55 Å². The number of aromatic nitrogens is 2. The Hall–Kier alpha value is -0.400. The molecule has 1 aromatic heterocycles. The molecule has 18 heavy (non-hydrogen) atoms. The zero-order valence-electron chi connectivity index (χ0n) is 10.1. The van der Waals surface area contributed by atoms with Gasteiger partial charge in [0.25, 0.3) is 0 Å². The Labute approximate surface area is 125 Å². The summed E-state index contributed by atoms with van der Waals surface area (Å²) in [6.07, 6.45) is 2.39. The average Bonchev–Trinajstić information content (AvgIpc) is 2.64. The summed E-state index contributed by atoms with van der Waals surface area (Å²) in [6.45, 7) is 2.96. The van der Waals surface area contributed by atoms with Crippen molar-refractivity contribution in [2.75, 3.05) is 6.61 Å². The number of rotatable bonds is 1. The van der Waals surface area contributed by atoms with Crippen LogP contribution in [0.15, 0.2) is 18.2 Å². The molecule has 96 valence electrons. The van der Waals surface area contributed by atoms with Crippen LogP contribution in [0.2, 0.25) is 0 Å². The van der Waals surface area contributed by atoms with Crippen molar-refractivity contribution in [2.45, 2.75) is 31.9 Å². The minimum Gasteiger partial charge on any atom is -0.378 e. The summed E-state index contributed by atoms with van der Waals surface area (Å²) in [5.41, 5.74) is 2.34. The van der Waals surface area contributed by atoms with Gasteiger partial charge in [-0.15, -0.1) is 0 Å². The number of hydrogen-bond donors (Lipinski definition) is 1. The minimum atomic E-state index is 0.319. The lowest BCUT2D eigenvalue weighted by Crippen LogP contribution is -2.25. The highest BCUT2D eigenvalue weighted by atomic mass is 127. The van der Waals surface area contributed by atoms with E-state index in [-0.39, 0.29) is 0 Å². The van der Waals surface area contributed by atoms with Crippen molar-refractivity contribution in [1.29, 1.82) is 0 Å². The Morgan fingerprint density at radius 2 is 2.33 bits per heavy atom. The molecule has 2 heterocycles. The van der Waals surface area contributed by atoms with Crippen LogP contribution in [0.1, 0.15) is 25.8 Å². The van der Waals surface area contributed by atoms with Crippen LogP contribution in [-0.2, 0) is 4.74 Å². The molecule has 0 saturated carbocycles. The van der Waals surface area contributed by atoms with Gasteiger partial charge in [-0.3, -0.25) is 0 Å². The highest BCUT2D eigenvalue weighted by Crippen LogP contribution is 2.29. The van der Waals surface area contributed by atoms with E-state index >= 15 is 0 Å². The van der Waals surface area contributed by atoms with E-state index < -0.39 is 0 Å². The highest BCUT2D eigenvalue weighted by molar-refractivity contribution is 14.1. The molecule has 1 aliphatic heterocycles. The molecule has 0 radical (unpaired) electrons. The first kappa shape index (κ1) is 12.6. The standard InChI is InChI=1S/C13H15IN2OS/c1-8-6-10(4-5-17-8)16-12-3-2-9(14)7-11(12)15-13(16)18/h2-3,7-8,10H,4-6H2,1H3,(H,15,18). The fraction of sp³-hybridized carbons (Fsp3) is 0.462. The first-order valence-corrected chi connectivity index (χ1v) is 7.65. The lowest BCUT2D eigenvalue weighted by atomic mass is 10.0. The first-order chi connectivity index (χ1) is 8.65. The van der Waals surface area contributed by atoms with Gasteiger partial charge < -0.3 is 14.3 Å². The van der Waals surface area contributed by atoms with Gasteiger partial charge in [-0.05, 0) is 72.8 Å². The zero-order valence-corrected chi connectivity index (χ0v) is 13.1. The molecule has 2 atom stereocenters. The van der Waals surface area contributed by atoms with Crippen molar-refractivity contribution in [2.24, 2.45) is 0 Å². The molecule has 0 amide bonds. The average molecular weight is 374 g/mol. The van der Waals surface area contributed by atoms with Gasteiger partial charge in [0.05, 0.1) is 17.1 Å². The van der Waals surface area contributed by atoms with E-state index in [4.69, 9.17) is 17.0 Å². The Morgan fingerprint density at radius 1 is 1.50 bits per heavy atom. The predicted octanol–water partition coefficient (Wildman–Crippen LogP) is 4.04. The number of fused-ring (bicyclic) bond motifs is 1. The molecule has 5 heteroatoms. The largest absolute Gasteiger partial charge is 0.378 e. The van der Waals surface area contributed by atoms with Gasteiger partial charge in [0, 0.05) is 16.2 Å². The van der Waals surface area contributed by atoms with Gasteiger partial charge in [0.1, 0.15) is 0 Å². The Morgan fingerprint density at radius 3 is 3.11 bits per heavy atom. The minimum absolute atomic E-state index is 0.319. The molecule has 1 N–H and O–H groups in total. The topological polar surface area (TPSA) is 29.9 Å². The molecule has 0 spiro atoms. The molecule has 1 aliphatic rings. The SMILES string of the molecule is CC1CC(n2c(=S)[nH]c3cc(I)ccc32)CCO1. The lowest BCUT2D eigenvalue weighted by molar-refractivity contribution is 0.00647. The van der Waals surface area contributed by atoms with Crippen molar-refractivity contribution in [3.8, 4) is 0 Å². The molecule has 3 nitrogen and oxygen atoms in total. The number of aromatic amines is 1. The van der Waals surface area contributed by atoms with E-state index in [1.807, 2.05) is 0 Å². The maximum absolute atomic E-state index is 5.62. The van der Waals surface area contributed by atoms with Crippen molar-refractivity contribution in [3.05, 3.63) is 26.5 Å². The molecule has 1 fully saturated rings. The van der Waals surface area contributed by atoms with Gasteiger partial charge in [-0.2, -0.15) is 0 Å². The summed E-state index contributed by atoms with van der Waals surface area (Å²) in [5.74, 6) is 0. The second-order valence-electron chi connectivity index (χ2n) is 4.82. The third-order valence-corrected chi connectivity index (χ3v) is 4.47. The number of nitrogens with one attached hydrogen (secondary N) is 1. The van der Waals surface area contributed by atoms with Gasteiger partial charge in [0.2, 0.25) is 0 Å². The summed E-state index contributed by atoms with van der Waals surface area (Å²) < 4.78 is 9.93. The third kappa shape index (κ3) is 2.23. The molecule has 0 aliphatic carbocycles. The van der Waals surface area contributed by atoms with Crippen LogP contribution in [0.3, 0.4) is 0 Å². The second-order valence-corrected chi connectivity index (χ2v) is 6.45. The number of ether oxygens (including phenoxy) is 1. The van der Waals surface area contributed by atoms with Crippen LogP contribution >= 0.6 is 34.8 Å². The van der Waals surface area contributed by atoms with Gasteiger partial charge in [-0.25, -0.2) is 0 Å². The normalized spacial score (nSPS) is 24.6.